The third-order valence-corrected chi connectivity index (χ3v) is 9.18. The van der Waals surface area contributed by atoms with E-state index in [1.807, 2.05) is 7.05 Å². The van der Waals surface area contributed by atoms with Gasteiger partial charge >= 0.3 is 0 Å². The number of hydrogen-bond acceptors (Lipinski definition) is 2. The highest BCUT2D eigenvalue weighted by Gasteiger charge is 2.63. The molecule has 4 rings (SSSR count). The minimum absolute atomic E-state index is 0.0737. The standard InChI is InChI=1S/C22H35NO2/c1-13(2)15-12-18(24)22(4)10-8-16-14(20(15)22)6-7-17-21(16,3)11-9-19(25)23(17)5/h13-17,20H,6-12H2,1-5H3/t14-,15-,16+,17-,20-,21-,22-/m1/s1. The normalized spacial score (nSPS) is 49.8. The molecule has 3 heteroatoms. The average Bonchev–Trinajstić information content (AvgIpc) is 2.83. The third-order valence-electron chi connectivity index (χ3n) is 9.18. The topological polar surface area (TPSA) is 37.4 Å². The van der Waals surface area contributed by atoms with Crippen molar-refractivity contribution in [1.82, 2.24) is 4.90 Å². The van der Waals surface area contributed by atoms with E-state index < -0.39 is 0 Å². The number of rotatable bonds is 1. The van der Waals surface area contributed by atoms with Gasteiger partial charge in [0.05, 0.1) is 0 Å². The first-order chi connectivity index (χ1) is 11.7. The van der Waals surface area contributed by atoms with E-state index in [1.165, 1.54) is 12.8 Å². The second-order valence-corrected chi connectivity index (χ2v) is 10.4. The van der Waals surface area contributed by atoms with Crippen LogP contribution in [-0.2, 0) is 9.59 Å². The molecule has 7 atom stereocenters. The number of carbonyl (C=O) groups is 2. The van der Waals surface area contributed by atoms with Gasteiger partial charge in [-0.1, -0.05) is 27.7 Å². The Kier molecular flexibility index (Phi) is 3.91. The van der Waals surface area contributed by atoms with Crippen LogP contribution in [0.5, 0.6) is 0 Å². The van der Waals surface area contributed by atoms with Crippen molar-refractivity contribution in [2.75, 3.05) is 7.05 Å². The lowest BCUT2D eigenvalue weighted by atomic mass is 9.46. The van der Waals surface area contributed by atoms with Crippen molar-refractivity contribution in [2.24, 2.45) is 40.4 Å². The Morgan fingerprint density at radius 1 is 1.08 bits per heavy atom. The summed E-state index contributed by atoms with van der Waals surface area (Å²) in [5.41, 5.74) is 0.176. The van der Waals surface area contributed by atoms with Crippen LogP contribution >= 0.6 is 0 Å². The molecule has 25 heavy (non-hydrogen) atoms. The largest absolute Gasteiger partial charge is 0.342 e. The first-order valence-electron chi connectivity index (χ1n) is 10.5. The molecule has 3 saturated carbocycles. The van der Waals surface area contributed by atoms with E-state index in [0.717, 1.165) is 25.7 Å². The predicted octanol–water partition coefficient (Wildman–Crippen LogP) is 4.30. The van der Waals surface area contributed by atoms with Crippen LogP contribution < -0.4 is 0 Å². The number of ketones is 1. The molecule has 4 aliphatic rings. The van der Waals surface area contributed by atoms with Gasteiger partial charge in [0, 0.05) is 31.3 Å². The number of carbonyl (C=O) groups excluding carboxylic acids is 2. The molecule has 0 N–H and O–H groups in total. The Balaban J connectivity index is 1.70. The second-order valence-electron chi connectivity index (χ2n) is 10.4. The quantitative estimate of drug-likeness (QED) is 0.710. The number of nitrogens with zero attached hydrogens (tertiary/aromatic N) is 1. The number of Topliss-reactive ketones (excluding diaryl/α,β-unsaturated/α-hetero) is 1. The highest BCUT2D eigenvalue weighted by atomic mass is 16.2. The molecule has 0 radical (unpaired) electrons. The van der Waals surface area contributed by atoms with Gasteiger partial charge in [-0.15, -0.1) is 0 Å². The van der Waals surface area contributed by atoms with Crippen LogP contribution in [0.3, 0.4) is 0 Å². The summed E-state index contributed by atoms with van der Waals surface area (Å²) in [6, 6.07) is 0.411. The molecule has 140 valence electrons. The van der Waals surface area contributed by atoms with Crippen molar-refractivity contribution in [3.8, 4) is 0 Å². The molecule has 3 nitrogen and oxygen atoms in total. The van der Waals surface area contributed by atoms with Crippen LogP contribution in [-0.4, -0.2) is 29.7 Å². The number of likely N-dealkylation sites (tertiary alicyclic amines) is 1. The van der Waals surface area contributed by atoms with Gasteiger partial charge in [-0.3, -0.25) is 9.59 Å². The van der Waals surface area contributed by atoms with Gasteiger partial charge in [0.15, 0.2) is 0 Å². The van der Waals surface area contributed by atoms with Crippen molar-refractivity contribution in [3.63, 3.8) is 0 Å². The first kappa shape index (κ1) is 17.5. The monoisotopic (exact) mass is 345 g/mol. The van der Waals surface area contributed by atoms with E-state index in [-0.39, 0.29) is 10.8 Å². The SMILES string of the molecule is CC(C)[C@H]1CC(=O)[C@@]2(C)CC[C@H]3[C@@H](CC[C@H]4N(C)C(=O)CC[C@]34C)[C@H]12. The summed E-state index contributed by atoms with van der Waals surface area (Å²) in [6.07, 6.45) is 7.16. The Morgan fingerprint density at radius 2 is 1.80 bits per heavy atom. The van der Waals surface area contributed by atoms with E-state index in [9.17, 15) is 9.59 Å². The lowest BCUT2D eigenvalue weighted by molar-refractivity contribution is -0.161. The highest BCUT2D eigenvalue weighted by Crippen LogP contribution is 2.65. The molecule has 0 bridgehead atoms. The van der Waals surface area contributed by atoms with Gasteiger partial charge in [0.25, 0.3) is 0 Å². The number of hydrogen-bond donors (Lipinski definition) is 0. The van der Waals surface area contributed by atoms with Gasteiger partial charge < -0.3 is 4.90 Å². The van der Waals surface area contributed by atoms with E-state index in [0.29, 0.717) is 53.7 Å². The maximum absolute atomic E-state index is 12.9. The number of amides is 1. The van der Waals surface area contributed by atoms with Crippen molar-refractivity contribution in [2.45, 2.75) is 78.7 Å². The van der Waals surface area contributed by atoms with Crippen LogP contribution in [0.25, 0.3) is 0 Å². The zero-order chi connectivity index (χ0) is 18.1. The molecular weight excluding hydrogens is 310 g/mol. The smallest absolute Gasteiger partial charge is 0.222 e. The van der Waals surface area contributed by atoms with Crippen LogP contribution in [0.2, 0.25) is 0 Å². The molecule has 0 aromatic rings. The summed E-state index contributed by atoms with van der Waals surface area (Å²) in [7, 11) is 2.02. The van der Waals surface area contributed by atoms with Gasteiger partial charge in [-0.25, -0.2) is 0 Å². The van der Waals surface area contributed by atoms with Crippen LogP contribution in [0.4, 0.5) is 0 Å². The lowest BCUT2D eigenvalue weighted by Gasteiger charge is -2.61. The lowest BCUT2D eigenvalue weighted by Crippen LogP contribution is -2.61. The van der Waals surface area contributed by atoms with Crippen molar-refractivity contribution >= 4 is 11.7 Å². The fourth-order valence-corrected chi connectivity index (χ4v) is 7.74. The fraction of sp³-hybridized carbons (Fsp3) is 0.909. The Morgan fingerprint density at radius 3 is 2.48 bits per heavy atom. The van der Waals surface area contributed by atoms with E-state index in [4.69, 9.17) is 0 Å². The third kappa shape index (κ3) is 2.23. The van der Waals surface area contributed by atoms with Gasteiger partial charge in [0.2, 0.25) is 5.91 Å². The van der Waals surface area contributed by atoms with E-state index >= 15 is 0 Å². The molecule has 1 aliphatic heterocycles. The molecule has 1 saturated heterocycles. The molecular formula is C22H35NO2. The van der Waals surface area contributed by atoms with E-state index in [2.05, 4.69) is 32.6 Å². The van der Waals surface area contributed by atoms with Crippen LogP contribution in [0.15, 0.2) is 0 Å². The second kappa shape index (κ2) is 5.57. The van der Waals surface area contributed by atoms with Crippen LogP contribution in [0, 0.1) is 40.4 Å². The predicted molar refractivity (Wildman–Crippen MR) is 98.9 cm³/mol. The summed E-state index contributed by atoms with van der Waals surface area (Å²) < 4.78 is 0. The summed E-state index contributed by atoms with van der Waals surface area (Å²) in [5.74, 6) is 3.96. The molecule has 0 aromatic carbocycles. The molecule has 1 heterocycles. The van der Waals surface area contributed by atoms with Gasteiger partial charge in [-0.05, 0) is 67.1 Å². The summed E-state index contributed by atoms with van der Waals surface area (Å²) in [6.45, 7) is 9.37. The maximum atomic E-state index is 12.9. The molecule has 1 amide bonds. The Bertz CT molecular complexity index is 599. The van der Waals surface area contributed by atoms with Crippen molar-refractivity contribution < 1.29 is 9.59 Å². The zero-order valence-corrected chi connectivity index (χ0v) is 16.7. The molecule has 0 unspecified atom stereocenters. The first-order valence-corrected chi connectivity index (χ1v) is 10.5. The molecule has 0 aromatic heterocycles. The Hall–Kier alpha value is -0.860. The molecule has 3 aliphatic carbocycles. The minimum Gasteiger partial charge on any atom is -0.342 e. The Labute approximate surface area is 152 Å². The minimum atomic E-state index is -0.0737. The average molecular weight is 346 g/mol. The number of piperidine rings is 1. The van der Waals surface area contributed by atoms with E-state index in [1.54, 1.807) is 0 Å². The summed E-state index contributed by atoms with van der Waals surface area (Å²) in [4.78, 5) is 27.2. The molecule has 0 spiro atoms. The highest BCUT2D eigenvalue weighted by molar-refractivity contribution is 5.87. The summed E-state index contributed by atoms with van der Waals surface area (Å²) >= 11 is 0. The van der Waals surface area contributed by atoms with Gasteiger partial charge in [0.1, 0.15) is 5.78 Å². The maximum Gasteiger partial charge on any atom is 0.222 e. The van der Waals surface area contributed by atoms with Crippen LogP contribution in [0.1, 0.15) is 72.6 Å². The summed E-state index contributed by atoms with van der Waals surface area (Å²) in [5, 5.41) is 0. The van der Waals surface area contributed by atoms with Crippen molar-refractivity contribution in [3.05, 3.63) is 0 Å². The molecule has 4 fully saturated rings. The zero-order valence-electron chi connectivity index (χ0n) is 16.7. The number of fused-ring (bicyclic) bond motifs is 5. The van der Waals surface area contributed by atoms with Gasteiger partial charge in [-0.2, -0.15) is 0 Å². The van der Waals surface area contributed by atoms with Crippen molar-refractivity contribution in [1.29, 1.82) is 0 Å². The fourth-order valence-electron chi connectivity index (χ4n) is 7.74.